The largest absolute Gasteiger partial charge is 0.481 e. The molecule has 4 N–H and O–H groups in total. The highest BCUT2D eigenvalue weighted by atomic mass is 16.4. The molecule has 0 aliphatic carbocycles. The third kappa shape index (κ3) is 3.17. The molecule has 1 aliphatic rings. The van der Waals surface area contributed by atoms with Gasteiger partial charge in [-0.2, -0.15) is 0 Å². The molecule has 6 nitrogen and oxygen atoms in total. The van der Waals surface area contributed by atoms with Crippen LogP contribution in [-0.2, 0) is 9.59 Å². The minimum absolute atomic E-state index is 0.459. The van der Waals surface area contributed by atoms with E-state index in [1.165, 1.54) is 0 Å². The number of rotatable bonds is 3. The third-order valence-electron chi connectivity index (χ3n) is 2.58. The van der Waals surface area contributed by atoms with Crippen molar-refractivity contribution in [2.45, 2.75) is 38.0 Å². The van der Waals surface area contributed by atoms with Gasteiger partial charge in [0.1, 0.15) is 6.23 Å². The van der Waals surface area contributed by atoms with Gasteiger partial charge in [0.2, 0.25) is 0 Å². The molecule has 0 saturated carbocycles. The number of hydrogen-bond acceptors (Lipinski definition) is 4. The van der Waals surface area contributed by atoms with Gasteiger partial charge < -0.3 is 15.3 Å². The predicted molar refractivity (Wildman–Crippen MR) is 50.2 cm³/mol. The Morgan fingerprint density at radius 1 is 1.13 bits per heavy atom. The number of aliphatic hydroxyl groups excluding tert-OH is 1. The van der Waals surface area contributed by atoms with Gasteiger partial charge in [-0.15, -0.1) is 0 Å². The lowest BCUT2D eigenvalue weighted by Crippen LogP contribution is -2.47. The average Bonchev–Trinajstić information content (AvgIpc) is 2.28. The molecule has 0 aromatic carbocycles. The SMILES string of the molecule is O=C(O)C(C(=O)O)C1CCCCC(O)N1. The van der Waals surface area contributed by atoms with Gasteiger partial charge >= 0.3 is 11.9 Å². The Bertz CT molecular complexity index is 241. The average molecular weight is 217 g/mol. The number of aliphatic carboxylic acids is 2. The van der Waals surface area contributed by atoms with E-state index in [1.54, 1.807) is 0 Å². The highest BCUT2D eigenvalue weighted by molar-refractivity contribution is 5.93. The number of nitrogens with one attached hydrogen (secondary N) is 1. The van der Waals surface area contributed by atoms with Crippen LogP contribution in [0.15, 0.2) is 0 Å². The lowest BCUT2D eigenvalue weighted by atomic mass is 9.96. The zero-order valence-electron chi connectivity index (χ0n) is 8.22. The predicted octanol–water partition coefficient (Wildman–Crippen LogP) is -0.378. The second-order valence-corrected chi connectivity index (χ2v) is 3.73. The molecule has 0 bridgehead atoms. The summed E-state index contributed by atoms with van der Waals surface area (Å²) >= 11 is 0. The first-order valence-electron chi connectivity index (χ1n) is 4.92. The maximum absolute atomic E-state index is 10.8. The summed E-state index contributed by atoms with van der Waals surface area (Å²) in [6.45, 7) is 0. The van der Waals surface area contributed by atoms with Crippen molar-refractivity contribution in [3.8, 4) is 0 Å². The van der Waals surface area contributed by atoms with Gasteiger partial charge in [0, 0.05) is 6.04 Å². The quantitative estimate of drug-likeness (QED) is 0.480. The van der Waals surface area contributed by atoms with Crippen LogP contribution in [-0.4, -0.2) is 39.5 Å². The van der Waals surface area contributed by atoms with Crippen molar-refractivity contribution in [1.82, 2.24) is 5.32 Å². The maximum atomic E-state index is 10.8. The molecule has 1 fully saturated rings. The summed E-state index contributed by atoms with van der Waals surface area (Å²) in [5.74, 6) is -4.22. The molecule has 0 aromatic heterocycles. The molecule has 0 aromatic rings. The molecule has 1 aliphatic heterocycles. The molecule has 86 valence electrons. The summed E-state index contributed by atoms with van der Waals surface area (Å²) in [5, 5.41) is 29.6. The van der Waals surface area contributed by atoms with Crippen LogP contribution in [0.5, 0.6) is 0 Å². The topological polar surface area (TPSA) is 107 Å². The zero-order valence-corrected chi connectivity index (χ0v) is 8.22. The molecule has 15 heavy (non-hydrogen) atoms. The Morgan fingerprint density at radius 2 is 1.67 bits per heavy atom. The van der Waals surface area contributed by atoms with E-state index in [4.69, 9.17) is 10.2 Å². The molecule has 0 spiro atoms. The Balaban J connectivity index is 2.73. The van der Waals surface area contributed by atoms with Crippen LogP contribution in [0.3, 0.4) is 0 Å². The summed E-state index contributed by atoms with van der Waals surface area (Å²) in [6, 6.07) is -0.697. The van der Waals surface area contributed by atoms with Gasteiger partial charge in [-0.25, -0.2) is 0 Å². The maximum Gasteiger partial charge on any atom is 0.319 e. The van der Waals surface area contributed by atoms with E-state index >= 15 is 0 Å². The number of aliphatic hydroxyl groups is 1. The second kappa shape index (κ2) is 5.09. The second-order valence-electron chi connectivity index (χ2n) is 3.73. The monoisotopic (exact) mass is 217 g/mol. The van der Waals surface area contributed by atoms with Crippen molar-refractivity contribution in [1.29, 1.82) is 0 Å². The molecule has 0 amide bonds. The van der Waals surface area contributed by atoms with Gasteiger partial charge in [0.25, 0.3) is 0 Å². The molecule has 6 heteroatoms. The van der Waals surface area contributed by atoms with E-state index in [0.29, 0.717) is 12.8 Å². The summed E-state index contributed by atoms with van der Waals surface area (Å²) in [7, 11) is 0. The zero-order chi connectivity index (χ0) is 11.4. The molecule has 0 radical (unpaired) electrons. The number of hydrogen-bond donors (Lipinski definition) is 4. The first-order valence-corrected chi connectivity index (χ1v) is 4.92. The molecule has 1 heterocycles. The Labute approximate surface area is 86.9 Å². The highest BCUT2D eigenvalue weighted by Crippen LogP contribution is 2.18. The van der Waals surface area contributed by atoms with Crippen LogP contribution >= 0.6 is 0 Å². The van der Waals surface area contributed by atoms with Gasteiger partial charge in [-0.3, -0.25) is 14.9 Å². The van der Waals surface area contributed by atoms with Crippen molar-refractivity contribution < 1.29 is 24.9 Å². The standard InChI is InChI=1S/C9H15NO5/c11-6-4-2-1-3-5(10-6)7(8(12)13)9(14)15/h5-7,10-11H,1-4H2,(H,12,13)(H,14,15). The molecular weight excluding hydrogens is 202 g/mol. The van der Waals surface area contributed by atoms with Gasteiger partial charge in [0.05, 0.1) is 0 Å². The molecule has 2 unspecified atom stereocenters. The van der Waals surface area contributed by atoms with Crippen molar-refractivity contribution in [2.75, 3.05) is 0 Å². The Hall–Kier alpha value is -1.14. The van der Waals surface area contributed by atoms with Crippen LogP contribution in [0, 0.1) is 5.92 Å². The van der Waals surface area contributed by atoms with E-state index in [2.05, 4.69) is 5.32 Å². The summed E-state index contributed by atoms with van der Waals surface area (Å²) in [4.78, 5) is 21.5. The third-order valence-corrected chi connectivity index (χ3v) is 2.58. The smallest absolute Gasteiger partial charge is 0.319 e. The van der Waals surface area contributed by atoms with Crippen LogP contribution in [0.1, 0.15) is 25.7 Å². The van der Waals surface area contributed by atoms with E-state index in [9.17, 15) is 14.7 Å². The Morgan fingerprint density at radius 3 is 2.20 bits per heavy atom. The lowest BCUT2D eigenvalue weighted by Gasteiger charge is -2.22. The fourth-order valence-corrected chi connectivity index (χ4v) is 1.83. The number of carbonyl (C=O) groups is 2. The first kappa shape index (κ1) is 11.9. The Kier molecular flexibility index (Phi) is 4.05. The molecule has 2 atom stereocenters. The number of carboxylic acid groups (broad SMARTS) is 2. The summed E-state index contributed by atoms with van der Waals surface area (Å²) in [6.07, 6.45) is 1.68. The lowest BCUT2D eigenvalue weighted by molar-refractivity contribution is -0.156. The van der Waals surface area contributed by atoms with E-state index in [0.717, 1.165) is 12.8 Å². The van der Waals surface area contributed by atoms with Crippen molar-refractivity contribution in [3.63, 3.8) is 0 Å². The first-order chi connectivity index (χ1) is 7.02. The van der Waals surface area contributed by atoms with E-state index < -0.39 is 30.1 Å². The van der Waals surface area contributed by atoms with E-state index in [1.807, 2.05) is 0 Å². The molecular formula is C9H15NO5. The van der Waals surface area contributed by atoms with Gasteiger partial charge in [-0.1, -0.05) is 6.42 Å². The molecule has 1 rings (SSSR count). The fourth-order valence-electron chi connectivity index (χ4n) is 1.83. The van der Waals surface area contributed by atoms with Crippen LogP contribution in [0.4, 0.5) is 0 Å². The molecule has 1 saturated heterocycles. The minimum Gasteiger partial charge on any atom is -0.481 e. The normalized spacial score (nSPS) is 27.3. The van der Waals surface area contributed by atoms with Gasteiger partial charge in [-0.05, 0) is 19.3 Å². The highest BCUT2D eigenvalue weighted by Gasteiger charge is 2.36. The van der Waals surface area contributed by atoms with Crippen molar-refractivity contribution in [3.05, 3.63) is 0 Å². The van der Waals surface area contributed by atoms with Crippen LogP contribution in [0.2, 0.25) is 0 Å². The van der Waals surface area contributed by atoms with E-state index in [-0.39, 0.29) is 0 Å². The van der Waals surface area contributed by atoms with Crippen molar-refractivity contribution in [2.24, 2.45) is 5.92 Å². The van der Waals surface area contributed by atoms with Gasteiger partial charge in [0.15, 0.2) is 5.92 Å². The van der Waals surface area contributed by atoms with Crippen LogP contribution < -0.4 is 5.32 Å². The van der Waals surface area contributed by atoms with Crippen molar-refractivity contribution >= 4 is 11.9 Å². The summed E-state index contributed by atoms with van der Waals surface area (Å²) in [5.41, 5.74) is 0. The van der Waals surface area contributed by atoms with Crippen LogP contribution in [0.25, 0.3) is 0 Å². The fraction of sp³-hybridized carbons (Fsp3) is 0.778. The minimum atomic E-state index is -1.49. The summed E-state index contributed by atoms with van der Waals surface area (Å²) < 4.78 is 0. The number of carboxylic acids is 2.